The van der Waals surface area contributed by atoms with Crippen molar-refractivity contribution in [1.29, 1.82) is 0 Å². The Morgan fingerprint density at radius 3 is 2.67 bits per heavy atom. The maximum Gasteiger partial charge on any atom is 0.277 e. The van der Waals surface area contributed by atoms with Crippen LogP contribution in [0.3, 0.4) is 0 Å². The summed E-state index contributed by atoms with van der Waals surface area (Å²) in [6, 6.07) is 13.2. The quantitative estimate of drug-likeness (QED) is 0.580. The monoisotopic (exact) mass is 390 g/mol. The molecule has 0 saturated carbocycles. The minimum atomic E-state index is -0.334. The zero-order valence-corrected chi connectivity index (χ0v) is 15.2. The molecule has 2 aromatic carbocycles. The molecule has 0 bridgehead atoms. The number of hydrazone groups is 1. The fourth-order valence-electron chi connectivity index (χ4n) is 1.98. The molecule has 5 nitrogen and oxygen atoms in total. The molecule has 1 amide bonds. The van der Waals surface area contributed by atoms with Crippen LogP contribution in [0.5, 0.6) is 11.5 Å². The molecule has 0 unspecified atom stereocenters. The Morgan fingerprint density at radius 2 is 2.00 bits per heavy atom. The number of amides is 1. The minimum Gasteiger partial charge on any atom is -0.496 e. The largest absolute Gasteiger partial charge is 0.496 e. The van der Waals surface area contributed by atoms with Crippen LogP contribution in [-0.2, 0) is 11.2 Å². The molecule has 6 heteroatoms. The first-order valence-corrected chi connectivity index (χ1v) is 8.29. The molecule has 2 rings (SSSR count). The first-order valence-electron chi connectivity index (χ1n) is 7.49. The fourth-order valence-corrected chi connectivity index (χ4v) is 2.36. The van der Waals surface area contributed by atoms with E-state index in [0.717, 1.165) is 16.5 Å². The van der Waals surface area contributed by atoms with Gasteiger partial charge in [-0.15, -0.1) is 0 Å². The van der Waals surface area contributed by atoms with Gasteiger partial charge in [0, 0.05) is 10.0 Å². The predicted molar refractivity (Wildman–Crippen MR) is 97.7 cm³/mol. The van der Waals surface area contributed by atoms with Crippen molar-refractivity contribution in [3.63, 3.8) is 0 Å². The molecule has 0 aromatic heterocycles. The van der Waals surface area contributed by atoms with Crippen LogP contribution in [0.25, 0.3) is 0 Å². The number of aryl methyl sites for hydroxylation is 1. The third kappa shape index (κ3) is 5.38. The van der Waals surface area contributed by atoms with Gasteiger partial charge in [-0.2, -0.15) is 5.10 Å². The highest BCUT2D eigenvalue weighted by atomic mass is 79.9. The average molecular weight is 391 g/mol. The maximum atomic E-state index is 11.8. The van der Waals surface area contributed by atoms with Gasteiger partial charge in [-0.1, -0.05) is 35.0 Å². The Labute approximate surface area is 149 Å². The van der Waals surface area contributed by atoms with E-state index in [9.17, 15) is 4.79 Å². The van der Waals surface area contributed by atoms with Crippen molar-refractivity contribution in [2.75, 3.05) is 13.7 Å². The van der Waals surface area contributed by atoms with Gasteiger partial charge >= 0.3 is 0 Å². The Morgan fingerprint density at radius 1 is 1.25 bits per heavy atom. The molecule has 0 aliphatic rings. The number of nitrogens with one attached hydrogen (secondary N) is 1. The van der Waals surface area contributed by atoms with E-state index < -0.39 is 0 Å². The minimum absolute atomic E-state index is 0.0988. The summed E-state index contributed by atoms with van der Waals surface area (Å²) >= 11 is 3.38. The lowest BCUT2D eigenvalue weighted by Gasteiger charge is -2.06. The molecule has 0 atom stereocenters. The number of carbonyl (C=O) groups is 1. The second kappa shape index (κ2) is 9.08. The van der Waals surface area contributed by atoms with Crippen molar-refractivity contribution >= 4 is 28.1 Å². The van der Waals surface area contributed by atoms with Crippen LogP contribution in [-0.4, -0.2) is 25.8 Å². The molecule has 0 radical (unpaired) electrons. The molecule has 24 heavy (non-hydrogen) atoms. The molecule has 0 aliphatic carbocycles. The van der Waals surface area contributed by atoms with Crippen LogP contribution in [0.2, 0.25) is 0 Å². The first-order chi connectivity index (χ1) is 11.6. The third-order valence-electron chi connectivity index (χ3n) is 3.29. The molecule has 0 fully saturated rings. The summed E-state index contributed by atoms with van der Waals surface area (Å²) in [6.07, 6.45) is 2.49. The van der Waals surface area contributed by atoms with Crippen molar-refractivity contribution < 1.29 is 14.3 Å². The topological polar surface area (TPSA) is 59.9 Å². The molecular formula is C18H19BrN2O3. The van der Waals surface area contributed by atoms with Crippen LogP contribution >= 0.6 is 15.9 Å². The van der Waals surface area contributed by atoms with Crippen LogP contribution in [0.15, 0.2) is 52.0 Å². The van der Waals surface area contributed by atoms with E-state index in [-0.39, 0.29) is 12.5 Å². The summed E-state index contributed by atoms with van der Waals surface area (Å²) in [5.74, 6) is 0.989. The smallest absolute Gasteiger partial charge is 0.277 e. The number of hydrogen-bond acceptors (Lipinski definition) is 4. The van der Waals surface area contributed by atoms with E-state index >= 15 is 0 Å². The van der Waals surface area contributed by atoms with Crippen LogP contribution in [0.4, 0.5) is 0 Å². The number of carbonyl (C=O) groups excluding carboxylic acids is 1. The van der Waals surface area contributed by atoms with Gasteiger partial charge in [0.2, 0.25) is 0 Å². The molecule has 0 saturated heterocycles. The van der Waals surface area contributed by atoms with Crippen LogP contribution < -0.4 is 14.9 Å². The lowest BCUT2D eigenvalue weighted by atomic mass is 10.2. The number of hydrogen-bond donors (Lipinski definition) is 1. The lowest BCUT2D eigenvalue weighted by Crippen LogP contribution is -2.24. The number of ether oxygens (including phenoxy) is 2. The highest BCUT2D eigenvalue weighted by Crippen LogP contribution is 2.21. The van der Waals surface area contributed by atoms with Crippen LogP contribution in [0.1, 0.15) is 18.1 Å². The van der Waals surface area contributed by atoms with Gasteiger partial charge < -0.3 is 9.47 Å². The van der Waals surface area contributed by atoms with E-state index in [4.69, 9.17) is 9.47 Å². The SMILES string of the molecule is CCc1ccc(OCC(=O)N/N=C\c2cc(Br)ccc2OC)cc1. The average Bonchev–Trinajstić information content (AvgIpc) is 2.60. The van der Waals surface area contributed by atoms with Gasteiger partial charge in [-0.25, -0.2) is 5.43 Å². The van der Waals surface area contributed by atoms with Crippen molar-refractivity contribution in [2.24, 2.45) is 5.10 Å². The Balaban J connectivity index is 1.85. The summed E-state index contributed by atoms with van der Waals surface area (Å²) < 4.78 is 11.5. The highest BCUT2D eigenvalue weighted by Gasteiger charge is 2.03. The van der Waals surface area contributed by atoms with Crippen molar-refractivity contribution in [1.82, 2.24) is 5.43 Å². The summed E-state index contributed by atoms with van der Waals surface area (Å²) in [6.45, 7) is 1.99. The number of benzene rings is 2. The van der Waals surface area contributed by atoms with Gasteiger partial charge in [0.15, 0.2) is 6.61 Å². The van der Waals surface area contributed by atoms with Crippen LogP contribution in [0, 0.1) is 0 Å². The molecule has 1 N–H and O–H groups in total. The zero-order chi connectivity index (χ0) is 17.4. The lowest BCUT2D eigenvalue weighted by molar-refractivity contribution is -0.123. The Kier molecular flexibility index (Phi) is 6.81. The summed E-state index contributed by atoms with van der Waals surface area (Å²) in [7, 11) is 1.58. The third-order valence-corrected chi connectivity index (χ3v) is 3.78. The summed E-state index contributed by atoms with van der Waals surface area (Å²) in [5, 5.41) is 3.93. The molecule has 0 spiro atoms. The van der Waals surface area contributed by atoms with Gasteiger partial charge in [0.05, 0.1) is 13.3 Å². The highest BCUT2D eigenvalue weighted by molar-refractivity contribution is 9.10. The van der Waals surface area contributed by atoms with E-state index in [1.807, 2.05) is 42.5 Å². The molecule has 2 aromatic rings. The normalized spacial score (nSPS) is 10.6. The van der Waals surface area contributed by atoms with Gasteiger partial charge in [0.25, 0.3) is 5.91 Å². The number of methoxy groups -OCH3 is 1. The molecule has 126 valence electrons. The zero-order valence-electron chi connectivity index (χ0n) is 13.6. The number of rotatable bonds is 7. The number of halogens is 1. The fraction of sp³-hybridized carbons (Fsp3) is 0.222. The van der Waals surface area contributed by atoms with E-state index in [2.05, 4.69) is 33.4 Å². The standard InChI is InChI=1S/C18H19BrN2O3/c1-3-13-4-7-16(8-5-13)24-12-18(22)21-20-11-14-10-15(19)6-9-17(14)23-2/h4-11H,3,12H2,1-2H3,(H,21,22)/b20-11-. The maximum absolute atomic E-state index is 11.8. The Hall–Kier alpha value is -2.34. The predicted octanol–water partition coefficient (Wildman–Crippen LogP) is 3.55. The second-order valence-electron chi connectivity index (χ2n) is 4.97. The Bertz CT molecular complexity index is 715. The van der Waals surface area contributed by atoms with Crippen molar-refractivity contribution in [2.45, 2.75) is 13.3 Å². The number of nitrogens with zero attached hydrogens (tertiary/aromatic N) is 1. The second-order valence-corrected chi connectivity index (χ2v) is 5.88. The van der Waals surface area contributed by atoms with Crippen molar-refractivity contribution in [3.8, 4) is 11.5 Å². The van der Waals surface area contributed by atoms with Gasteiger partial charge in [-0.05, 0) is 42.3 Å². The van der Waals surface area contributed by atoms with Crippen molar-refractivity contribution in [3.05, 3.63) is 58.1 Å². The molecule has 0 heterocycles. The van der Waals surface area contributed by atoms with E-state index in [0.29, 0.717) is 11.5 Å². The van der Waals surface area contributed by atoms with Gasteiger partial charge in [0.1, 0.15) is 11.5 Å². The summed E-state index contributed by atoms with van der Waals surface area (Å²) in [5.41, 5.74) is 4.40. The van der Waals surface area contributed by atoms with Gasteiger partial charge in [-0.3, -0.25) is 4.79 Å². The van der Waals surface area contributed by atoms with E-state index in [1.165, 1.54) is 11.8 Å². The van der Waals surface area contributed by atoms with E-state index in [1.54, 1.807) is 7.11 Å². The molecular weight excluding hydrogens is 372 g/mol. The summed E-state index contributed by atoms with van der Waals surface area (Å²) in [4.78, 5) is 11.8. The first kappa shape index (κ1) is 18.0. The molecule has 0 aliphatic heterocycles.